The van der Waals surface area contributed by atoms with Crippen LogP contribution in [0.25, 0.3) is 0 Å². The second kappa shape index (κ2) is 8.69. The molecule has 0 bridgehead atoms. The average molecular weight is 330 g/mol. The number of alkyl halides is 1. The lowest BCUT2D eigenvalue weighted by atomic mass is 9.89. The van der Waals surface area contributed by atoms with Crippen molar-refractivity contribution in [1.82, 2.24) is 0 Å². The second-order valence-electron chi connectivity index (χ2n) is 4.61. The molecule has 6 nitrogen and oxygen atoms in total. The first-order valence-corrected chi connectivity index (χ1v) is 8.11. The Morgan fingerprint density at radius 3 is 2.45 bits per heavy atom. The van der Waals surface area contributed by atoms with Crippen LogP contribution in [0.5, 0.6) is 0 Å². The monoisotopic (exact) mass is 330 g/mol. The van der Waals surface area contributed by atoms with Gasteiger partial charge in [0, 0.05) is 6.42 Å². The van der Waals surface area contributed by atoms with Gasteiger partial charge >= 0.3 is 7.94 Å². The minimum Gasteiger partial charge on any atom is -0.364 e. The van der Waals surface area contributed by atoms with E-state index in [1.54, 1.807) is 0 Å². The van der Waals surface area contributed by atoms with E-state index in [9.17, 15) is 4.39 Å². The summed E-state index contributed by atoms with van der Waals surface area (Å²) in [5, 5.41) is 0. The van der Waals surface area contributed by atoms with E-state index in [1.165, 1.54) is 0 Å². The van der Waals surface area contributed by atoms with Crippen LogP contribution in [0.3, 0.4) is 0 Å². The van der Waals surface area contributed by atoms with E-state index in [4.69, 9.17) is 38.0 Å². The molecule has 2 unspecified atom stereocenters. The fourth-order valence-electron chi connectivity index (χ4n) is 2.23. The zero-order valence-corrected chi connectivity index (χ0v) is 12.9. The summed E-state index contributed by atoms with van der Waals surface area (Å²) in [4.78, 5) is 31.9. The second-order valence-corrected chi connectivity index (χ2v) is 6.10. The molecule has 3 atom stereocenters. The van der Waals surface area contributed by atoms with Crippen molar-refractivity contribution in [2.45, 2.75) is 24.7 Å². The van der Waals surface area contributed by atoms with Crippen molar-refractivity contribution in [1.29, 1.82) is 0 Å². The van der Waals surface area contributed by atoms with Gasteiger partial charge in [0.1, 0.15) is 25.9 Å². The van der Waals surface area contributed by atoms with Crippen LogP contribution in [-0.2, 0) is 9.57 Å². The predicted octanol–water partition coefficient (Wildman–Crippen LogP) is 1.11. The quantitative estimate of drug-likeness (QED) is 0.374. The smallest absolute Gasteiger partial charge is 0.364 e. The predicted molar refractivity (Wildman–Crippen MR) is 82.2 cm³/mol. The maximum Gasteiger partial charge on any atom is 0.432 e. The summed E-state index contributed by atoms with van der Waals surface area (Å²) in [7, 11) is 2.10. The Bertz CT molecular complexity index is 485. The molecule has 0 aromatic heterocycles. The van der Waals surface area contributed by atoms with Crippen molar-refractivity contribution in [2.75, 3.05) is 7.18 Å². The average Bonchev–Trinajstić information content (AvgIpc) is 2.93. The summed E-state index contributed by atoms with van der Waals surface area (Å²) < 4.78 is 15.2. The van der Waals surface area contributed by atoms with Gasteiger partial charge < -0.3 is 4.74 Å². The molecule has 1 aromatic carbocycles. The molecule has 1 heterocycles. The maximum atomic E-state index is 9.50. The van der Waals surface area contributed by atoms with Crippen molar-refractivity contribution in [2.24, 2.45) is 5.90 Å². The fourth-order valence-corrected chi connectivity index (χ4v) is 2.78. The zero-order valence-electron chi connectivity index (χ0n) is 12.0. The molecule has 1 aromatic rings. The highest BCUT2D eigenvalue weighted by atomic mass is 31.2. The molecular formula is C13H19BFNO5P+. The largest absolute Gasteiger partial charge is 0.432 e. The normalized spacial score (nSPS) is 25.5. The third-order valence-corrected chi connectivity index (χ3v) is 3.74. The van der Waals surface area contributed by atoms with Crippen LogP contribution in [0.1, 0.15) is 18.1 Å². The van der Waals surface area contributed by atoms with E-state index in [0.29, 0.717) is 13.6 Å². The zero-order chi connectivity index (χ0) is 16.8. The Morgan fingerprint density at radius 1 is 1.36 bits per heavy atom. The van der Waals surface area contributed by atoms with E-state index < -0.39 is 20.2 Å². The minimum atomic E-state index is -4.12. The number of nitrogens with two attached hydrogens (primary N) is 1. The minimum absolute atomic E-state index is 0.0142. The summed E-state index contributed by atoms with van der Waals surface area (Å²) in [6.45, 7) is 0. The molecule has 0 aliphatic carbocycles. The lowest BCUT2D eigenvalue weighted by Gasteiger charge is -2.17. The van der Waals surface area contributed by atoms with Crippen molar-refractivity contribution < 1.29 is 28.6 Å². The van der Waals surface area contributed by atoms with Gasteiger partial charge in [-0.3, -0.25) is 9.23 Å². The lowest BCUT2D eigenvalue weighted by molar-refractivity contribution is -0.00197. The van der Waals surface area contributed by atoms with Crippen LogP contribution >= 0.6 is 7.94 Å². The SMILES string of the molecule is CF.[B]/C(=C\[P+](O)(O)O)C1OC(c2ccccc2)C[C@@H]1ON. The van der Waals surface area contributed by atoms with Gasteiger partial charge in [0.05, 0.1) is 13.3 Å². The fraction of sp³-hybridized carbons (Fsp3) is 0.385. The molecule has 1 fully saturated rings. The molecule has 9 heteroatoms. The van der Waals surface area contributed by atoms with Gasteiger partial charge in [0.2, 0.25) is 0 Å². The van der Waals surface area contributed by atoms with Crippen LogP contribution in [0.2, 0.25) is 0 Å². The molecule has 1 aliphatic rings. The Hall–Kier alpha value is -0.855. The highest BCUT2D eigenvalue weighted by Gasteiger charge is 2.39. The van der Waals surface area contributed by atoms with E-state index in [1.807, 2.05) is 30.3 Å². The van der Waals surface area contributed by atoms with Crippen molar-refractivity contribution in [3.63, 3.8) is 0 Å². The number of benzene rings is 1. The topological polar surface area (TPSA) is 105 Å². The molecular weight excluding hydrogens is 311 g/mol. The van der Waals surface area contributed by atoms with E-state index in [2.05, 4.69) is 0 Å². The van der Waals surface area contributed by atoms with E-state index in [0.717, 1.165) is 11.4 Å². The Labute approximate surface area is 130 Å². The molecule has 0 amide bonds. The van der Waals surface area contributed by atoms with Crippen LogP contribution in [0.4, 0.5) is 4.39 Å². The molecule has 120 valence electrons. The third-order valence-electron chi connectivity index (χ3n) is 3.09. The number of ether oxygens (including phenoxy) is 1. The highest BCUT2D eigenvalue weighted by molar-refractivity contribution is 7.62. The summed E-state index contributed by atoms with van der Waals surface area (Å²) in [6.07, 6.45) is -1.04. The summed E-state index contributed by atoms with van der Waals surface area (Å²) in [5.74, 6) is 6.01. The number of rotatable bonds is 4. The number of hydrogen-bond donors (Lipinski definition) is 4. The van der Waals surface area contributed by atoms with E-state index in [-0.39, 0.29) is 11.6 Å². The number of halogens is 1. The molecule has 1 aliphatic heterocycles. The summed E-state index contributed by atoms with van der Waals surface area (Å²) in [6, 6.07) is 9.47. The van der Waals surface area contributed by atoms with Crippen LogP contribution < -0.4 is 5.90 Å². The van der Waals surface area contributed by atoms with Crippen LogP contribution in [0, 0.1) is 0 Å². The van der Waals surface area contributed by atoms with Gasteiger partial charge in [0.25, 0.3) is 0 Å². The van der Waals surface area contributed by atoms with Crippen LogP contribution in [-0.4, -0.2) is 41.9 Å². The molecule has 0 spiro atoms. The van der Waals surface area contributed by atoms with Gasteiger partial charge in [-0.1, -0.05) is 30.3 Å². The molecule has 2 rings (SSSR count). The van der Waals surface area contributed by atoms with Gasteiger partial charge in [-0.25, -0.2) is 5.90 Å². The Kier molecular flexibility index (Phi) is 7.58. The Morgan fingerprint density at radius 2 is 1.95 bits per heavy atom. The maximum absolute atomic E-state index is 9.50. The van der Waals surface area contributed by atoms with Gasteiger partial charge in [-0.2, -0.15) is 14.7 Å². The van der Waals surface area contributed by atoms with Gasteiger partial charge in [-0.05, 0) is 11.0 Å². The van der Waals surface area contributed by atoms with Crippen LogP contribution in [0.15, 0.2) is 41.6 Å². The first-order valence-electron chi connectivity index (χ1n) is 6.39. The standard InChI is InChI=1S/C12H16BNO5P.CH3F/c13-9(7-20(15,16)17)12-11(19-14)6-10(18-12)8-4-2-1-3-5-8;1-2/h1-5,7,10-12,15-17H,6,14H2;1H3/q+1;/b9-7-;/t10?,11-,12?;/m0./s1. The van der Waals surface area contributed by atoms with Gasteiger partial charge in [-0.15, -0.1) is 0 Å². The van der Waals surface area contributed by atoms with Gasteiger partial charge in [0.15, 0.2) is 0 Å². The van der Waals surface area contributed by atoms with Crippen molar-refractivity contribution >= 4 is 15.8 Å². The van der Waals surface area contributed by atoms with Crippen molar-refractivity contribution in [3.05, 3.63) is 47.2 Å². The molecule has 1 saturated heterocycles. The number of hydrogen-bond acceptors (Lipinski definition) is 6. The third kappa shape index (κ3) is 5.41. The van der Waals surface area contributed by atoms with E-state index >= 15 is 0 Å². The summed E-state index contributed by atoms with van der Waals surface area (Å²) >= 11 is 0. The first kappa shape index (κ1) is 19.2. The lowest BCUT2D eigenvalue weighted by Crippen LogP contribution is -2.29. The first-order chi connectivity index (χ1) is 10.4. The summed E-state index contributed by atoms with van der Waals surface area (Å²) in [5.41, 5.74) is 0.933. The Balaban J connectivity index is 0.00000116. The molecule has 22 heavy (non-hydrogen) atoms. The molecule has 2 radical (unpaired) electrons. The highest BCUT2D eigenvalue weighted by Crippen LogP contribution is 2.48. The molecule has 5 N–H and O–H groups in total. The molecule has 0 saturated carbocycles. The van der Waals surface area contributed by atoms with Crippen molar-refractivity contribution in [3.8, 4) is 0 Å².